The highest BCUT2D eigenvalue weighted by atomic mass is 32.2. The van der Waals surface area contributed by atoms with Crippen LogP contribution in [0, 0.1) is 6.92 Å². The lowest BCUT2D eigenvalue weighted by molar-refractivity contribution is -0.117. The minimum atomic E-state index is -0.356. The normalized spacial score (nSPS) is 12.5. The maximum atomic E-state index is 13.0. The summed E-state index contributed by atoms with van der Waals surface area (Å²) in [4.78, 5) is 27.6. The Balaban J connectivity index is 1.45. The number of hydrogen-bond donors (Lipinski definition) is 1. The number of carbonyl (C=O) groups is 1. The smallest absolute Gasteiger partial charge is 0.275 e. The number of fused-ring (bicyclic) bond motifs is 2. The molecule has 3 aromatic carbocycles. The fourth-order valence-corrected chi connectivity index (χ4v) is 4.64. The van der Waals surface area contributed by atoms with Gasteiger partial charge in [0.15, 0.2) is 11.5 Å². The molecule has 1 N–H and O–H groups in total. The van der Waals surface area contributed by atoms with Crippen molar-refractivity contribution in [3.8, 4) is 11.5 Å². The van der Waals surface area contributed by atoms with Crippen LogP contribution < -0.4 is 20.3 Å². The van der Waals surface area contributed by atoms with E-state index in [1.165, 1.54) is 16.4 Å². The molecule has 1 aliphatic heterocycles. The van der Waals surface area contributed by atoms with E-state index in [-0.39, 0.29) is 18.0 Å². The third-order valence-corrected chi connectivity index (χ3v) is 6.30. The lowest BCUT2D eigenvalue weighted by Crippen LogP contribution is -2.30. The van der Waals surface area contributed by atoms with E-state index in [2.05, 4.69) is 10.4 Å². The summed E-state index contributed by atoms with van der Waals surface area (Å²) >= 11 is 1.51. The van der Waals surface area contributed by atoms with Gasteiger partial charge in [0.1, 0.15) is 19.8 Å². The first-order valence-electron chi connectivity index (χ1n) is 10.5. The summed E-state index contributed by atoms with van der Waals surface area (Å²) < 4.78 is 12.6. The molecule has 1 aromatic heterocycles. The average Bonchev–Trinajstić information content (AvgIpc) is 2.83. The molecule has 1 aliphatic rings. The molecule has 0 saturated heterocycles. The van der Waals surface area contributed by atoms with Crippen LogP contribution in [-0.2, 0) is 11.3 Å². The summed E-state index contributed by atoms with van der Waals surface area (Å²) in [5.41, 5.74) is 0.980. The Morgan fingerprint density at radius 3 is 2.42 bits per heavy atom. The first-order chi connectivity index (χ1) is 16.1. The van der Waals surface area contributed by atoms with E-state index >= 15 is 0 Å². The molecule has 5 rings (SSSR count). The second kappa shape index (κ2) is 8.99. The molecule has 7 nitrogen and oxygen atoms in total. The second-order valence-corrected chi connectivity index (χ2v) is 8.66. The number of anilines is 1. The van der Waals surface area contributed by atoms with E-state index in [0.29, 0.717) is 41.5 Å². The molecule has 0 atom stereocenters. The molecule has 0 aliphatic carbocycles. The zero-order valence-electron chi connectivity index (χ0n) is 17.9. The number of carbonyl (C=O) groups excluding carboxylic acids is 1. The zero-order chi connectivity index (χ0) is 22.8. The Bertz CT molecular complexity index is 1400. The number of rotatable bonds is 5. The number of nitrogens with one attached hydrogen (secondary N) is 1. The van der Waals surface area contributed by atoms with Crippen LogP contribution in [0.25, 0.3) is 10.8 Å². The van der Waals surface area contributed by atoms with Crippen molar-refractivity contribution in [1.82, 2.24) is 9.78 Å². The largest absolute Gasteiger partial charge is 0.486 e. The Hall–Kier alpha value is -3.78. The van der Waals surface area contributed by atoms with Gasteiger partial charge in [0.25, 0.3) is 5.56 Å². The Kier molecular flexibility index (Phi) is 5.75. The number of hydrogen-bond acceptors (Lipinski definition) is 6. The SMILES string of the molecule is Cc1nn(CC(=O)Nc2cc3c(cc2Sc2ccccc2)OCCO3)c(=O)c2ccccc12. The van der Waals surface area contributed by atoms with E-state index < -0.39 is 0 Å². The van der Waals surface area contributed by atoms with Crippen molar-refractivity contribution in [2.75, 3.05) is 18.5 Å². The molecule has 0 radical (unpaired) electrons. The van der Waals surface area contributed by atoms with Crippen molar-refractivity contribution in [3.05, 3.63) is 82.8 Å². The van der Waals surface area contributed by atoms with E-state index in [4.69, 9.17) is 9.47 Å². The van der Waals surface area contributed by atoms with Crippen LogP contribution in [0.1, 0.15) is 5.69 Å². The summed E-state index contributed by atoms with van der Waals surface area (Å²) in [5, 5.41) is 8.59. The van der Waals surface area contributed by atoms with E-state index in [9.17, 15) is 9.59 Å². The van der Waals surface area contributed by atoms with Crippen LogP contribution in [0.4, 0.5) is 5.69 Å². The maximum absolute atomic E-state index is 13.0. The molecule has 0 fully saturated rings. The number of aryl methyl sites for hydroxylation is 1. The maximum Gasteiger partial charge on any atom is 0.275 e. The molecule has 8 heteroatoms. The molecule has 0 bridgehead atoms. The van der Waals surface area contributed by atoms with Gasteiger partial charge in [0.05, 0.1) is 16.8 Å². The van der Waals surface area contributed by atoms with Crippen molar-refractivity contribution < 1.29 is 14.3 Å². The molecule has 2 heterocycles. The van der Waals surface area contributed by atoms with Crippen molar-refractivity contribution in [3.63, 3.8) is 0 Å². The molecule has 33 heavy (non-hydrogen) atoms. The molecule has 0 saturated carbocycles. The first kappa shape index (κ1) is 21.1. The number of amides is 1. The van der Waals surface area contributed by atoms with Gasteiger partial charge in [-0.25, -0.2) is 4.68 Å². The van der Waals surface area contributed by atoms with Gasteiger partial charge < -0.3 is 14.8 Å². The minimum absolute atomic E-state index is 0.200. The predicted molar refractivity (Wildman–Crippen MR) is 127 cm³/mol. The highest BCUT2D eigenvalue weighted by molar-refractivity contribution is 7.99. The molecule has 4 aromatic rings. The van der Waals surface area contributed by atoms with Gasteiger partial charge in [-0.3, -0.25) is 9.59 Å². The zero-order valence-corrected chi connectivity index (χ0v) is 18.7. The number of aromatic nitrogens is 2. The van der Waals surface area contributed by atoms with Gasteiger partial charge in [-0.05, 0) is 25.1 Å². The van der Waals surface area contributed by atoms with Gasteiger partial charge in [-0.2, -0.15) is 5.10 Å². The van der Waals surface area contributed by atoms with Crippen molar-refractivity contribution in [1.29, 1.82) is 0 Å². The Morgan fingerprint density at radius 2 is 1.67 bits per heavy atom. The van der Waals surface area contributed by atoms with Crippen LogP contribution in [0.5, 0.6) is 11.5 Å². The van der Waals surface area contributed by atoms with Gasteiger partial charge in [-0.15, -0.1) is 0 Å². The summed E-state index contributed by atoms with van der Waals surface area (Å²) in [6, 6.07) is 20.7. The van der Waals surface area contributed by atoms with E-state index in [0.717, 1.165) is 15.2 Å². The van der Waals surface area contributed by atoms with Crippen LogP contribution >= 0.6 is 11.8 Å². The number of ether oxygens (including phenoxy) is 2. The van der Waals surface area contributed by atoms with Crippen LogP contribution in [0.2, 0.25) is 0 Å². The lowest BCUT2D eigenvalue weighted by atomic mass is 10.1. The van der Waals surface area contributed by atoms with E-state index in [1.807, 2.05) is 55.5 Å². The van der Waals surface area contributed by atoms with Gasteiger partial charge >= 0.3 is 0 Å². The number of benzene rings is 3. The monoisotopic (exact) mass is 459 g/mol. The van der Waals surface area contributed by atoms with E-state index in [1.54, 1.807) is 18.2 Å². The number of nitrogens with zero attached hydrogens (tertiary/aromatic N) is 2. The van der Waals surface area contributed by atoms with Gasteiger partial charge in [0.2, 0.25) is 5.91 Å². The summed E-state index contributed by atoms with van der Waals surface area (Å²) in [6.45, 7) is 2.55. The Labute approximate surface area is 194 Å². The molecule has 0 spiro atoms. The quantitative estimate of drug-likeness (QED) is 0.480. The molecule has 166 valence electrons. The fourth-order valence-electron chi connectivity index (χ4n) is 3.71. The standard InChI is InChI=1S/C25H21N3O4S/c1-16-18-9-5-6-10-19(18)25(30)28(27-16)15-24(29)26-20-13-21-22(32-12-11-31-21)14-23(20)33-17-7-3-2-4-8-17/h2-10,13-14H,11-12,15H2,1H3,(H,26,29). The van der Waals surface area contributed by atoms with Crippen LogP contribution in [-0.4, -0.2) is 28.9 Å². The Morgan fingerprint density at radius 1 is 1.00 bits per heavy atom. The minimum Gasteiger partial charge on any atom is -0.486 e. The summed E-state index contributed by atoms with van der Waals surface area (Å²) in [5.74, 6) is 0.859. The third kappa shape index (κ3) is 4.42. The van der Waals surface area contributed by atoms with Gasteiger partial charge in [-0.1, -0.05) is 48.2 Å². The average molecular weight is 460 g/mol. The first-order valence-corrected chi connectivity index (χ1v) is 11.3. The fraction of sp³-hybridized carbons (Fsp3) is 0.160. The molecule has 0 unspecified atom stereocenters. The second-order valence-electron chi connectivity index (χ2n) is 7.55. The van der Waals surface area contributed by atoms with Crippen LogP contribution in [0.3, 0.4) is 0 Å². The predicted octanol–water partition coefficient (Wildman–Crippen LogP) is 4.27. The summed E-state index contributed by atoms with van der Waals surface area (Å²) in [6.07, 6.45) is 0. The van der Waals surface area contributed by atoms with Crippen molar-refractivity contribution >= 4 is 34.1 Å². The topological polar surface area (TPSA) is 82.5 Å². The molecular weight excluding hydrogens is 438 g/mol. The summed E-state index contributed by atoms with van der Waals surface area (Å²) in [7, 11) is 0. The van der Waals surface area contributed by atoms with Crippen molar-refractivity contribution in [2.45, 2.75) is 23.3 Å². The third-order valence-electron chi connectivity index (χ3n) is 5.24. The lowest BCUT2D eigenvalue weighted by Gasteiger charge is -2.21. The van der Waals surface area contributed by atoms with Crippen molar-refractivity contribution in [2.24, 2.45) is 0 Å². The van der Waals surface area contributed by atoms with Gasteiger partial charge in [0, 0.05) is 27.3 Å². The highest BCUT2D eigenvalue weighted by Crippen LogP contribution is 2.42. The molecule has 1 amide bonds. The van der Waals surface area contributed by atoms with Crippen LogP contribution in [0.15, 0.2) is 81.3 Å². The highest BCUT2D eigenvalue weighted by Gasteiger charge is 2.19. The molecular formula is C25H21N3O4S.